The Bertz CT molecular complexity index is 1060. The molecule has 3 unspecified atom stereocenters. The van der Waals surface area contributed by atoms with Gasteiger partial charge in [0.2, 0.25) is 0 Å². The Kier molecular flexibility index (Phi) is 13.0. The predicted molar refractivity (Wildman–Crippen MR) is 191 cm³/mol. The summed E-state index contributed by atoms with van der Waals surface area (Å²) in [5.41, 5.74) is 6.72. The van der Waals surface area contributed by atoms with Gasteiger partial charge in [0.1, 0.15) is 0 Å². The molecule has 2 aromatic rings. The molecule has 238 valence electrons. The van der Waals surface area contributed by atoms with Gasteiger partial charge < -0.3 is 4.52 Å². The summed E-state index contributed by atoms with van der Waals surface area (Å²) in [7, 11) is 0.659. The lowest BCUT2D eigenvalue weighted by atomic mass is 9.53. The summed E-state index contributed by atoms with van der Waals surface area (Å²) < 4.78 is 5.53. The molecule has 1 nitrogen and oxygen atoms in total. The van der Waals surface area contributed by atoms with Crippen molar-refractivity contribution in [2.24, 2.45) is 21.7 Å². The van der Waals surface area contributed by atoms with Crippen molar-refractivity contribution in [3.05, 3.63) is 70.8 Å². The van der Waals surface area contributed by atoms with Crippen LogP contribution in [-0.2, 0) is 16.4 Å². The van der Waals surface area contributed by atoms with Crippen molar-refractivity contribution in [1.82, 2.24) is 0 Å². The maximum Gasteiger partial charge on any atom is 0.0477 e. The number of unbranched alkanes of at least 4 members (excludes halogenated alkanes) is 1. The van der Waals surface area contributed by atoms with Crippen LogP contribution in [0.3, 0.4) is 0 Å². The van der Waals surface area contributed by atoms with Gasteiger partial charge >= 0.3 is 0 Å². The third kappa shape index (κ3) is 10.8. The maximum absolute atomic E-state index is 5.53. The summed E-state index contributed by atoms with van der Waals surface area (Å²) >= 11 is 0. The molecule has 0 aliphatic heterocycles. The van der Waals surface area contributed by atoms with E-state index in [4.69, 9.17) is 4.52 Å². The van der Waals surface area contributed by atoms with Crippen molar-refractivity contribution in [2.45, 2.75) is 146 Å². The topological polar surface area (TPSA) is 9.23 Å². The SMILES string of the molecule is CCOPCCCCc1ccc(C(CC(C)(C)C(C)(C)C(CC(C)(C)C)c2ccc(C(C)(C)C)cc2)C(C)(C)C)cc1. The summed E-state index contributed by atoms with van der Waals surface area (Å²) in [6.07, 6.45) is 7.20. The average Bonchev–Trinajstić information content (AvgIpc) is 2.86. The zero-order chi connectivity index (χ0) is 32.0. The minimum absolute atomic E-state index is 0.106. The van der Waals surface area contributed by atoms with Crippen molar-refractivity contribution < 1.29 is 4.52 Å². The van der Waals surface area contributed by atoms with Crippen LogP contribution in [-0.4, -0.2) is 12.8 Å². The number of hydrogen-bond donors (Lipinski definition) is 0. The molecule has 0 aromatic heterocycles. The van der Waals surface area contributed by atoms with Gasteiger partial charge in [-0.05, 0) is 106 Å². The Balaban J connectivity index is 2.33. The Morgan fingerprint density at radius 1 is 0.643 bits per heavy atom. The van der Waals surface area contributed by atoms with Crippen molar-refractivity contribution in [2.75, 3.05) is 12.8 Å². The summed E-state index contributed by atoms with van der Waals surface area (Å²) in [6.45, 7) is 34.6. The molecule has 3 atom stereocenters. The van der Waals surface area contributed by atoms with Gasteiger partial charge in [-0.25, -0.2) is 0 Å². The molecule has 2 heteroatoms. The molecule has 0 aliphatic carbocycles. The van der Waals surface area contributed by atoms with Gasteiger partial charge in [0.25, 0.3) is 0 Å². The van der Waals surface area contributed by atoms with Gasteiger partial charge in [-0.1, -0.05) is 139 Å². The van der Waals surface area contributed by atoms with Crippen LogP contribution < -0.4 is 0 Å². The fourth-order valence-corrected chi connectivity index (χ4v) is 7.15. The Morgan fingerprint density at radius 3 is 1.64 bits per heavy atom. The lowest BCUT2D eigenvalue weighted by molar-refractivity contribution is 0.0305. The molecular formula is C40H67OP. The van der Waals surface area contributed by atoms with E-state index < -0.39 is 0 Å². The number of aryl methyl sites for hydroxylation is 1. The smallest absolute Gasteiger partial charge is 0.0477 e. The van der Waals surface area contributed by atoms with Crippen LogP contribution in [0.5, 0.6) is 0 Å². The summed E-state index contributed by atoms with van der Waals surface area (Å²) in [5, 5.41) is 0. The van der Waals surface area contributed by atoms with E-state index in [1.807, 2.05) is 0 Å². The van der Waals surface area contributed by atoms with Crippen molar-refractivity contribution in [3.8, 4) is 0 Å². The summed E-state index contributed by atoms with van der Waals surface area (Å²) in [4.78, 5) is 0. The second-order valence-electron chi connectivity index (χ2n) is 17.4. The first kappa shape index (κ1) is 37.0. The van der Waals surface area contributed by atoms with Crippen LogP contribution >= 0.6 is 8.81 Å². The molecule has 0 amide bonds. The molecule has 2 aromatic carbocycles. The molecule has 2 rings (SSSR count). The largest absolute Gasteiger partial charge is 0.363 e. The van der Waals surface area contributed by atoms with Gasteiger partial charge in [0, 0.05) is 15.4 Å². The van der Waals surface area contributed by atoms with Gasteiger partial charge in [-0.15, -0.1) is 0 Å². The molecule has 0 saturated heterocycles. The first-order valence-electron chi connectivity index (χ1n) is 16.7. The van der Waals surface area contributed by atoms with E-state index >= 15 is 0 Å². The molecule has 0 saturated carbocycles. The lowest BCUT2D eigenvalue weighted by Gasteiger charge is -2.52. The van der Waals surface area contributed by atoms with Crippen LogP contribution in [0.1, 0.15) is 157 Å². The van der Waals surface area contributed by atoms with Crippen LogP contribution in [0.25, 0.3) is 0 Å². The molecule has 0 fully saturated rings. The third-order valence-electron chi connectivity index (χ3n) is 9.99. The van der Waals surface area contributed by atoms with Crippen molar-refractivity contribution in [1.29, 1.82) is 0 Å². The standard InChI is InChI=1S/C40H67OP/c1-15-41-42-27-17-16-18-30-19-21-31(22-20-30)34(38(8,9)10)29-39(11,12)40(13,14)35(28-36(2,3)4)32-23-25-33(26-24-32)37(5,6)7/h19-26,34-35,42H,15-18,27-29H2,1-14H3. The van der Waals surface area contributed by atoms with E-state index in [1.54, 1.807) is 0 Å². The second-order valence-corrected chi connectivity index (χ2v) is 18.5. The highest BCUT2D eigenvalue weighted by atomic mass is 31.1. The number of hydrogen-bond acceptors (Lipinski definition) is 1. The highest BCUT2D eigenvalue weighted by molar-refractivity contribution is 7.32. The van der Waals surface area contributed by atoms with Gasteiger partial charge in [0.15, 0.2) is 0 Å². The van der Waals surface area contributed by atoms with Crippen LogP contribution in [0.4, 0.5) is 0 Å². The molecule has 0 spiro atoms. The second kappa shape index (κ2) is 14.7. The third-order valence-corrected chi connectivity index (χ3v) is 11.0. The first-order valence-corrected chi connectivity index (χ1v) is 17.8. The Morgan fingerprint density at radius 2 is 1.17 bits per heavy atom. The van der Waals surface area contributed by atoms with E-state index in [0.29, 0.717) is 20.6 Å². The Labute approximate surface area is 264 Å². The molecule has 0 aliphatic rings. The molecule has 0 N–H and O–H groups in total. The molecule has 42 heavy (non-hydrogen) atoms. The normalized spacial score (nSPS) is 15.4. The van der Waals surface area contributed by atoms with Crippen molar-refractivity contribution >= 4 is 8.81 Å². The molecular weight excluding hydrogens is 527 g/mol. The number of benzene rings is 2. The zero-order valence-electron chi connectivity index (χ0n) is 30.1. The monoisotopic (exact) mass is 594 g/mol. The summed E-state index contributed by atoms with van der Waals surface area (Å²) in [6, 6.07) is 19.3. The predicted octanol–water partition coefficient (Wildman–Crippen LogP) is 12.7. The first-order chi connectivity index (χ1) is 19.2. The van der Waals surface area contributed by atoms with E-state index in [0.717, 1.165) is 13.0 Å². The number of rotatable bonds is 14. The van der Waals surface area contributed by atoms with E-state index in [-0.39, 0.29) is 27.1 Å². The minimum atomic E-state index is 0.106. The molecule has 0 bridgehead atoms. The Hall–Kier alpha value is -1.17. The van der Waals surface area contributed by atoms with Crippen LogP contribution in [0.2, 0.25) is 0 Å². The molecule has 0 radical (unpaired) electrons. The zero-order valence-corrected chi connectivity index (χ0v) is 31.1. The van der Waals surface area contributed by atoms with Crippen LogP contribution in [0.15, 0.2) is 48.5 Å². The maximum atomic E-state index is 5.53. The average molecular weight is 595 g/mol. The van der Waals surface area contributed by atoms with Gasteiger partial charge in [0.05, 0.1) is 0 Å². The fraction of sp³-hybridized carbons (Fsp3) is 0.700. The van der Waals surface area contributed by atoms with E-state index in [2.05, 4.69) is 145 Å². The highest BCUT2D eigenvalue weighted by Crippen LogP contribution is 2.57. The quantitative estimate of drug-likeness (QED) is 0.156. The summed E-state index contributed by atoms with van der Waals surface area (Å²) in [5.74, 6) is 0.972. The van der Waals surface area contributed by atoms with Crippen molar-refractivity contribution in [3.63, 3.8) is 0 Å². The highest BCUT2D eigenvalue weighted by Gasteiger charge is 2.47. The van der Waals surface area contributed by atoms with Gasteiger partial charge in [-0.2, -0.15) is 0 Å². The van der Waals surface area contributed by atoms with E-state index in [9.17, 15) is 0 Å². The van der Waals surface area contributed by atoms with Gasteiger partial charge in [-0.3, -0.25) is 0 Å². The lowest BCUT2D eigenvalue weighted by Crippen LogP contribution is -2.41. The van der Waals surface area contributed by atoms with E-state index in [1.165, 1.54) is 54.1 Å². The molecule has 0 heterocycles. The minimum Gasteiger partial charge on any atom is -0.363 e. The van der Waals surface area contributed by atoms with Crippen LogP contribution in [0, 0.1) is 21.7 Å². The fourth-order valence-electron chi connectivity index (χ4n) is 6.40.